The van der Waals surface area contributed by atoms with Gasteiger partial charge in [0.15, 0.2) is 0 Å². The Morgan fingerprint density at radius 1 is 0.868 bits per heavy atom. The van der Waals surface area contributed by atoms with Crippen LogP contribution in [0.25, 0.3) is 21.6 Å². The Bertz CT molecular complexity index is 3000. The van der Waals surface area contributed by atoms with Crippen molar-refractivity contribution >= 4 is 55.9 Å². The smallest absolute Gasteiger partial charge is 0.407 e. The minimum atomic E-state index is -4.85. The number of benzene rings is 4. The SMILES string of the molecule is COc1ccc(N(CC(F)(F)F)S(=O)(=O)C2C[C@H]3O[C@@H]2C(c2ccc(OCCCCCC(=O)N[C@H](C(=O)N4C[C@H](O)C[C@H]4C(=O)N[C@@H](C)c4ccc(-c5scnc5C)cc4)C(C)(C)C)cc2)=C3c2ccc(O)cc2)cc1. The number of aromatic hydroxyl groups is 1. The van der Waals surface area contributed by atoms with Gasteiger partial charge in [-0.15, -0.1) is 11.3 Å². The Labute approximate surface area is 445 Å². The highest BCUT2D eigenvalue weighted by molar-refractivity contribution is 7.93. The number of β-amino-alcohol motifs (C(OH)–C–C–N with tert-alkyl or cyclic N) is 1. The number of alkyl halides is 3. The van der Waals surface area contributed by atoms with Gasteiger partial charge in [-0.3, -0.25) is 18.7 Å². The molecule has 15 nitrogen and oxygen atoms in total. The first-order valence-electron chi connectivity index (χ1n) is 25.3. The molecular weight excluding hydrogens is 1020 g/mol. The minimum Gasteiger partial charge on any atom is -0.508 e. The van der Waals surface area contributed by atoms with Crippen molar-refractivity contribution in [1.82, 2.24) is 20.5 Å². The number of aliphatic hydroxyl groups excluding tert-OH is 1. The molecule has 0 radical (unpaired) electrons. The number of fused-ring (bicyclic) bond motifs is 2. The fourth-order valence-corrected chi connectivity index (χ4v) is 12.9. The summed E-state index contributed by atoms with van der Waals surface area (Å²) in [6.07, 6.45) is -5.84. The molecule has 0 spiro atoms. The third-order valence-electron chi connectivity index (χ3n) is 14.1. The molecule has 4 aromatic carbocycles. The van der Waals surface area contributed by atoms with Crippen molar-refractivity contribution in [3.63, 3.8) is 0 Å². The largest absolute Gasteiger partial charge is 0.508 e. The van der Waals surface area contributed by atoms with Gasteiger partial charge in [-0.25, -0.2) is 13.4 Å². The molecule has 406 valence electrons. The molecule has 4 N–H and O–H groups in total. The van der Waals surface area contributed by atoms with E-state index in [-0.39, 0.29) is 49.2 Å². The van der Waals surface area contributed by atoms with Crippen LogP contribution in [0.4, 0.5) is 18.9 Å². The molecule has 20 heteroatoms. The summed E-state index contributed by atoms with van der Waals surface area (Å²) in [4.78, 5) is 48.1. The summed E-state index contributed by atoms with van der Waals surface area (Å²) in [6, 6.07) is 24.2. The standard InChI is InChI=1S/C56H64F3N5O10S2/c1-33(35-11-13-38(14-12-35)51-34(2)60-32-75-51)61-53(68)44-28-41(66)30-63(44)54(69)52(55(3,4)5)62-47(67)10-8-7-9-27-73-43-23-17-37(18-24-43)49-48(36-15-21-40(65)22-16-36)45-29-46(50(49)74-45)76(70,71)64(31-56(57,58)59)39-19-25-42(72-6)26-20-39/h11-26,32-33,41,44-46,50,52,65-66H,7-10,27-31H2,1-6H3,(H,61,68)(H,62,67)/t33-,41+,44-,45+,46?,50-,52+/m0/s1. The highest BCUT2D eigenvalue weighted by atomic mass is 32.2. The molecule has 4 heterocycles. The maximum atomic E-state index is 14.4. The average molecular weight is 1090 g/mol. The van der Waals surface area contributed by atoms with E-state index in [0.29, 0.717) is 63.9 Å². The van der Waals surface area contributed by atoms with Crippen molar-refractivity contribution < 1.29 is 60.4 Å². The number of halogens is 3. The maximum Gasteiger partial charge on any atom is 0.407 e. The molecular formula is C56H64F3N5O10S2. The second kappa shape index (κ2) is 23.0. The summed E-state index contributed by atoms with van der Waals surface area (Å²) in [5.74, 6) is -0.292. The molecule has 0 saturated carbocycles. The maximum absolute atomic E-state index is 14.4. The van der Waals surface area contributed by atoms with Gasteiger partial charge in [0.2, 0.25) is 27.7 Å². The quantitative estimate of drug-likeness (QED) is 0.0543. The van der Waals surface area contributed by atoms with Crippen molar-refractivity contribution in [3.05, 3.63) is 125 Å². The predicted molar refractivity (Wildman–Crippen MR) is 284 cm³/mol. The fourth-order valence-electron chi connectivity index (χ4n) is 10.1. The lowest BCUT2D eigenvalue weighted by molar-refractivity contribution is -0.144. The summed E-state index contributed by atoms with van der Waals surface area (Å²) >= 11 is 1.56. The highest BCUT2D eigenvalue weighted by Crippen LogP contribution is 2.52. The number of nitrogens with zero attached hydrogens (tertiary/aromatic N) is 3. The van der Waals surface area contributed by atoms with Crippen molar-refractivity contribution in [2.24, 2.45) is 5.41 Å². The number of phenolic OH excluding ortho intramolecular Hbond substituents is 1. The second-order valence-electron chi connectivity index (χ2n) is 20.6. The molecule has 3 amide bonds. The number of ether oxygens (including phenoxy) is 3. The summed E-state index contributed by atoms with van der Waals surface area (Å²) in [7, 11) is -3.29. The number of sulfonamides is 1. The van der Waals surface area contributed by atoms with Crippen molar-refractivity contribution in [2.45, 2.75) is 121 Å². The summed E-state index contributed by atoms with van der Waals surface area (Å²) < 4.78 is 88.8. The monoisotopic (exact) mass is 1090 g/mol. The molecule has 1 aromatic heterocycles. The van der Waals surface area contributed by atoms with Crippen molar-refractivity contribution in [2.75, 3.05) is 31.1 Å². The van der Waals surface area contributed by atoms with E-state index < -0.39 is 75.6 Å². The number of carbonyl (C=O) groups excluding carboxylic acids is 3. The molecule has 2 bridgehead atoms. The zero-order chi connectivity index (χ0) is 54.7. The lowest BCUT2D eigenvalue weighted by atomic mass is 9.83. The Balaban J connectivity index is 0.856. The normalized spacial score (nSPS) is 20.3. The van der Waals surface area contributed by atoms with Crippen LogP contribution >= 0.6 is 11.3 Å². The van der Waals surface area contributed by atoms with E-state index in [1.807, 2.05) is 58.9 Å². The van der Waals surface area contributed by atoms with Gasteiger partial charge < -0.3 is 40.0 Å². The van der Waals surface area contributed by atoms with Crippen molar-refractivity contribution in [3.8, 4) is 27.7 Å². The van der Waals surface area contributed by atoms with E-state index in [0.717, 1.165) is 21.7 Å². The lowest BCUT2D eigenvalue weighted by Gasteiger charge is -2.35. The molecule has 0 aliphatic carbocycles. The molecule has 3 aliphatic rings. The number of anilines is 1. The van der Waals surface area contributed by atoms with E-state index in [1.54, 1.807) is 53.2 Å². The molecule has 2 fully saturated rings. The third-order valence-corrected chi connectivity index (χ3v) is 17.2. The number of aromatic nitrogens is 1. The summed E-state index contributed by atoms with van der Waals surface area (Å²) in [5, 5.41) is 25.3. The summed E-state index contributed by atoms with van der Waals surface area (Å²) in [6.45, 7) is 7.84. The predicted octanol–water partition coefficient (Wildman–Crippen LogP) is 8.99. The second-order valence-corrected chi connectivity index (χ2v) is 23.6. The highest BCUT2D eigenvalue weighted by Gasteiger charge is 2.55. The molecule has 8 rings (SSSR count). The number of likely N-dealkylation sites (tertiary alicyclic amines) is 1. The summed E-state index contributed by atoms with van der Waals surface area (Å²) in [5.41, 5.74) is 6.19. The lowest BCUT2D eigenvalue weighted by Crippen LogP contribution is -2.57. The third kappa shape index (κ3) is 12.7. The number of aliphatic hydroxyl groups is 1. The van der Waals surface area contributed by atoms with Gasteiger partial charge in [0.05, 0.1) is 53.7 Å². The number of amides is 3. The number of thiazole rings is 1. The Kier molecular flexibility index (Phi) is 16.9. The molecule has 76 heavy (non-hydrogen) atoms. The van der Waals surface area contributed by atoms with E-state index >= 15 is 0 Å². The Hall–Kier alpha value is -6.48. The van der Waals surface area contributed by atoms with Crippen LogP contribution in [0.15, 0.2) is 103 Å². The van der Waals surface area contributed by atoms with Crippen LogP contribution in [0.2, 0.25) is 0 Å². The van der Waals surface area contributed by atoms with E-state index in [1.165, 1.54) is 48.4 Å². The molecule has 1 unspecified atom stereocenters. The molecule has 5 aromatic rings. The molecule has 7 atom stereocenters. The van der Waals surface area contributed by atoms with Crippen LogP contribution < -0.4 is 24.4 Å². The van der Waals surface area contributed by atoms with Gasteiger partial charge in [0, 0.05) is 19.4 Å². The van der Waals surface area contributed by atoms with Crippen molar-refractivity contribution in [1.29, 1.82) is 0 Å². The van der Waals surface area contributed by atoms with Crippen LogP contribution in [0.3, 0.4) is 0 Å². The number of hydrogen-bond donors (Lipinski definition) is 4. The van der Waals surface area contributed by atoms with E-state index in [9.17, 15) is 46.2 Å². The van der Waals surface area contributed by atoms with Gasteiger partial charge in [-0.1, -0.05) is 69.3 Å². The Morgan fingerprint density at radius 3 is 2.12 bits per heavy atom. The van der Waals surface area contributed by atoms with Crippen LogP contribution in [-0.2, 0) is 29.1 Å². The number of unbranched alkanes of at least 4 members (excludes halogenated alkanes) is 2. The number of hydrogen-bond acceptors (Lipinski definition) is 12. The van der Waals surface area contributed by atoms with E-state index in [4.69, 9.17) is 14.2 Å². The van der Waals surface area contributed by atoms with Gasteiger partial charge in [0.25, 0.3) is 0 Å². The number of carbonyl (C=O) groups is 3. The van der Waals surface area contributed by atoms with Crippen LogP contribution in [0.1, 0.15) is 94.6 Å². The van der Waals surface area contributed by atoms with Crippen LogP contribution in [0.5, 0.6) is 17.2 Å². The van der Waals surface area contributed by atoms with Gasteiger partial charge in [0.1, 0.15) is 47.2 Å². The van der Waals surface area contributed by atoms with Crippen LogP contribution in [0, 0.1) is 12.3 Å². The van der Waals surface area contributed by atoms with Crippen LogP contribution in [-0.4, -0.2) is 115 Å². The zero-order valence-electron chi connectivity index (χ0n) is 43.2. The topological polar surface area (TPSA) is 197 Å². The zero-order valence-corrected chi connectivity index (χ0v) is 44.8. The number of aryl methyl sites for hydroxylation is 1. The number of rotatable bonds is 20. The first kappa shape index (κ1) is 55.7. The molecule has 2 saturated heterocycles. The van der Waals surface area contributed by atoms with Gasteiger partial charge >= 0.3 is 6.18 Å². The first-order chi connectivity index (χ1) is 36.0. The number of nitrogens with one attached hydrogen (secondary N) is 2. The molecule has 3 aliphatic heterocycles. The van der Waals surface area contributed by atoms with Gasteiger partial charge in [-0.05, 0) is 127 Å². The number of phenols is 1. The fraction of sp³-hybridized carbons (Fsp3) is 0.429. The number of methoxy groups -OCH3 is 1. The Morgan fingerprint density at radius 2 is 1.50 bits per heavy atom. The first-order valence-corrected chi connectivity index (χ1v) is 27.6. The van der Waals surface area contributed by atoms with Gasteiger partial charge in [-0.2, -0.15) is 13.2 Å². The minimum absolute atomic E-state index is 0.0212. The van der Waals surface area contributed by atoms with E-state index in [2.05, 4.69) is 15.6 Å². The average Bonchev–Trinajstić information content (AvgIpc) is 4.21.